The molecule has 20 heavy (non-hydrogen) atoms. The second kappa shape index (κ2) is 7.58. The average Bonchev–Trinajstić information content (AvgIpc) is 2.37. The third kappa shape index (κ3) is 5.87. The van der Waals surface area contributed by atoms with E-state index in [-0.39, 0.29) is 18.2 Å². The lowest BCUT2D eigenvalue weighted by atomic mass is 10.3. The smallest absolute Gasteiger partial charge is 0.342 e. The summed E-state index contributed by atoms with van der Waals surface area (Å²) in [5.74, 6) is 0.373. The molecule has 0 bridgehead atoms. The number of benzene rings is 1. The van der Waals surface area contributed by atoms with Crippen LogP contribution in [0.2, 0.25) is 0 Å². The Bertz CT molecular complexity index is 475. The summed E-state index contributed by atoms with van der Waals surface area (Å²) in [5.41, 5.74) is 0. The minimum absolute atomic E-state index is 0.0721. The first kappa shape index (κ1) is 16.9. The number of hydrogen-bond acceptors (Lipinski definition) is 4. The van der Waals surface area contributed by atoms with Gasteiger partial charge in [-0.2, -0.15) is 0 Å². The van der Waals surface area contributed by atoms with Gasteiger partial charge in [0.1, 0.15) is 17.9 Å². The van der Waals surface area contributed by atoms with Crippen LogP contribution < -0.4 is 9.61 Å². The standard InChI is InChI=1S/C14H22NO4P/c1-11(2)18-10-20(17,15-12(3)13(4)16)19-14-8-6-5-7-9-14/h5-9,11-12H,10H2,1-4H3,(H,15,17). The summed E-state index contributed by atoms with van der Waals surface area (Å²) in [6.07, 6.45) is -0.158. The largest absolute Gasteiger partial charge is 0.431 e. The Morgan fingerprint density at radius 1 is 1.25 bits per heavy atom. The number of para-hydroxylation sites is 1. The molecule has 0 saturated heterocycles. The number of carbonyl (C=O) groups excluding carboxylic acids is 1. The van der Waals surface area contributed by atoms with Crippen LogP contribution in [0, 0.1) is 0 Å². The van der Waals surface area contributed by atoms with Crippen LogP contribution in [0.25, 0.3) is 0 Å². The number of Topliss-reactive ketones (excluding diaryl/α,β-unsaturated/α-hetero) is 1. The van der Waals surface area contributed by atoms with E-state index in [2.05, 4.69) is 5.09 Å². The van der Waals surface area contributed by atoms with E-state index in [0.29, 0.717) is 5.75 Å². The summed E-state index contributed by atoms with van der Waals surface area (Å²) >= 11 is 0. The van der Waals surface area contributed by atoms with E-state index in [4.69, 9.17) is 9.26 Å². The van der Waals surface area contributed by atoms with Crippen molar-refractivity contribution in [2.75, 3.05) is 6.35 Å². The average molecular weight is 299 g/mol. The van der Waals surface area contributed by atoms with Gasteiger partial charge in [0.05, 0.1) is 12.1 Å². The summed E-state index contributed by atoms with van der Waals surface area (Å²) in [4.78, 5) is 11.3. The van der Waals surface area contributed by atoms with E-state index in [1.807, 2.05) is 19.9 Å². The van der Waals surface area contributed by atoms with Crippen molar-refractivity contribution < 1.29 is 18.6 Å². The van der Waals surface area contributed by atoms with Crippen LogP contribution in [-0.2, 0) is 14.1 Å². The molecule has 0 amide bonds. The number of rotatable bonds is 8. The molecule has 0 aromatic heterocycles. The van der Waals surface area contributed by atoms with Crippen LogP contribution in [0.4, 0.5) is 0 Å². The summed E-state index contributed by atoms with van der Waals surface area (Å²) in [6.45, 7) is 6.79. The van der Waals surface area contributed by atoms with E-state index >= 15 is 0 Å². The molecule has 2 unspecified atom stereocenters. The van der Waals surface area contributed by atoms with E-state index < -0.39 is 13.6 Å². The van der Waals surface area contributed by atoms with Crippen molar-refractivity contribution in [3.05, 3.63) is 30.3 Å². The molecule has 1 rings (SSSR count). The summed E-state index contributed by atoms with van der Waals surface area (Å²) in [7, 11) is -3.30. The number of carbonyl (C=O) groups is 1. The van der Waals surface area contributed by atoms with Crippen LogP contribution in [0.3, 0.4) is 0 Å². The first-order chi connectivity index (χ1) is 9.32. The highest BCUT2D eigenvalue weighted by Gasteiger charge is 2.29. The van der Waals surface area contributed by atoms with Gasteiger partial charge in [-0.05, 0) is 39.8 Å². The van der Waals surface area contributed by atoms with Gasteiger partial charge in [-0.3, -0.25) is 9.36 Å². The molecule has 6 heteroatoms. The van der Waals surface area contributed by atoms with Gasteiger partial charge < -0.3 is 9.26 Å². The lowest BCUT2D eigenvalue weighted by molar-refractivity contribution is -0.118. The summed E-state index contributed by atoms with van der Waals surface area (Å²) in [5, 5.41) is 2.76. The Labute approximate surface area is 120 Å². The Kier molecular flexibility index (Phi) is 6.40. The predicted octanol–water partition coefficient (Wildman–Crippen LogP) is 3.21. The molecule has 2 atom stereocenters. The van der Waals surface area contributed by atoms with Gasteiger partial charge in [-0.25, -0.2) is 5.09 Å². The van der Waals surface area contributed by atoms with Gasteiger partial charge in [0.15, 0.2) is 0 Å². The zero-order valence-electron chi connectivity index (χ0n) is 12.3. The zero-order chi connectivity index (χ0) is 15.2. The summed E-state index contributed by atoms with van der Waals surface area (Å²) in [6, 6.07) is 8.29. The SMILES string of the molecule is CC(=O)C(C)NP(=O)(COC(C)C)Oc1ccccc1. The third-order valence-corrected chi connectivity index (χ3v) is 4.35. The van der Waals surface area contributed by atoms with Gasteiger partial charge in [0.25, 0.3) is 0 Å². The monoisotopic (exact) mass is 299 g/mol. The second-order valence-corrected chi connectivity index (χ2v) is 6.93. The highest BCUT2D eigenvalue weighted by molar-refractivity contribution is 7.57. The number of ether oxygens (including phenoxy) is 1. The fourth-order valence-electron chi connectivity index (χ4n) is 1.37. The van der Waals surface area contributed by atoms with Crippen LogP contribution >= 0.6 is 7.52 Å². The van der Waals surface area contributed by atoms with Crippen LogP contribution in [0.1, 0.15) is 27.7 Å². The predicted molar refractivity (Wildman–Crippen MR) is 79.0 cm³/mol. The molecule has 0 fully saturated rings. The van der Waals surface area contributed by atoms with Gasteiger partial charge in [0.2, 0.25) is 0 Å². The van der Waals surface area contributed by atoms with Crippen LogP contribution in [-0.4, -0.2) is 24.3 Å². The van der Waals surface area contributed by atoms with Crippen molar-refractivity contribution in [2.45, 2.75) is 39.8 Å². The molecule has 5 nitrogen and oxygen atoms in total. The maximum Gasteiger partial charge on any atom is 0.342 e. The molecule has 0 radical (unpaired) electrons. The second-order valence-electron chi connectivity index (χ2n) is 4.88. The van der Waals surface area contributed by atoms with E-state index in [1.165, 1.54) is 6.92 Å². The van der Waals surface area contributed by atoms with Crippen molar-refractivity contribution in [1.82, 2.24) is 5.09 Å². The normalized spacial score (nSPS) is 15.7. The Morgan fingerprint density at radius 2 is 1.85 bits per heavy atom. The molecular formula is C14H22NO4P. The van der Waals surface area contributed by atoms with Gasteiger partial charge in [0, 0.05) is 0 Å². The van der Waals surface area contributed by atoms with Crippen molar-refractivity contribution >= 4 is 13.3 Å². The zero-order valence-corrected chi connectivity index (χ0v) is 13.2. The minimum Gasteiger partial charge on any atom is -0.431 e. The molecule has 0 saturated carbocycles. The van der Waals surface area contributed by atoms with E-state index in [0.717, 1.165) is 0 Å². The van der Waals surface area contributed by atoms with Crippen LogP contribution in [0.15, 0.2) is 30.3 Å². The lowest BCUT2D eigenvalue weighted by Crippen LogP contribution is -2.33. The van der Waals surface area contributed by atoms with E-state index in [1.54, 1.807) is 31.2 Å². The minimum atomic E-state index is -3.30. The Balaban J connectivity index is 2.83. The molecule has 0 aliphatic carbocycles. The maximum atomic E-state index is 12.8. The molecule has 112 valence electrons. The van der Waals surface area contributed by atoms with Crippen molar-refractivity contribution in [1.29, 1.82) is 0 Å². The van der Waals surface area contributed by atoms with Gasteiger partial charge in [-0.15, -0.1) is 0 Å². The highest BCUT2D eigenvalue weighted by Crippen LogP contribution is 2.43. The maximum absolute atomic E-state index is 12.8. The summed E-state index contributed by atoms with van der Waals surface area (Å²) < 4.78 is 23.7. The van der Waals surface area contributed by atoms with Crippen molar-refractivity contribution in [2.24, 2.45) is 0 Å². The molecule has 1 aromatic rings. The third-order valence-electron chi connectivity index (χ3n) is 2.57. The van der Waals surface area contributed by atoms with Gasteiger partial charge >= 0.3 is 7.52 Å². The Hall–Kier alpha value is -1.16. The first-order valence-electron chi connectivity index (χ1n) is 6.56. The fourth-order valence-corrected chi connectivity index (χ4v) is 3.28. The van der Waals surface area contributed by atoms with Gasteiger partial charge in [-0.1, -0.05) is 18.2 Å². The molecule has 0 aliphatic heterocycles. The van der Waals surface area contributed by atoms with Crippen molar-refractivity contribution in [3.63, 3.8) is 0 Å². The van der Waals surface area contributed by atoms with E-state index in [9.17, 15) is 9.36 Å². The highest BCUT2D eigenvalue weighted by atomic mass is 31.2. The quantitative estimate of drug-likeness (QED) is 0.747. The topological polar surface area (TPSA) is 64.6 Å². The molecular weight excluding hydrogens is 277 g/mol. The molecule has 1 aromatic carbocycles. The van der Waals surface area contributed by atoms with Crippen LogP contribution in [0.5, 0.6) is 5.75 Å². The molecule has 0 aliphatic rings. The number of nitrogens with one attached hydrogen (secondary N) is 1. The molecule has 1 N–H and O–H groups in total. The molecule has 0 heterocycles. The first-order valence-corrected chi connectivity index (χ1v) is 8.37. The fraction of sp³-hybridized carbons (Fsp3) is 0.500. The lowest BCUT2D eigenvalue weighted by Gasteiger charge is -2.24. The number of ketones is 1. The van der Waals surface area contributed by atoms with Crippen molar-refractivity contribution in [3.8, 4) is 5.75 Å². The number of hydrogen-bond donors (Lipinski definition) is 1. The Morgan fingerprint density at radius 3 is 2.35 bits per heavy atom. The molecule has 0 spiro atoms.